The van der Waals surface area contributed by atoms with Gasteiger partial charge in [-0.05, 0) is 23.6 Å². The second-order valence-corrected chi connectivity index (χ2v) is 3.17. The van der Waals surface area contributed by atoms with Gasteiger partial charge in [0, 0.05) is 0 Å². The molecule has 0 radical (unpaired) electrons. The third-order valence-corrected chi connectivity index (χ3v) is 1.79. The molecule has 1 aromatic carbocycles. The van der Waals surface area contributed by atoms with Crippen molar-refractivity contribution in [3.8, 4) is 5.75 Å². The predicted octanol–water partition coefficient (Wildman–Crippen LogP) is -1.73. The van der Waals surface area contributed by atoms with Crippen LogP contribution in [0.3, 0.4) is 0 Å². The van der Waals surface area contributed by atoms with Crippen molar-refractivity contribution in [2.45, 2.75) is 19.8 Å². The fourth-order valence-electron chi connectivity index (χ4n) is 1.05. The SMILES string of the molecule is CC(C)c1ccc(OB(O)O)cc1.[H-].[K+]. The van der Waals surface area contributed by atoms with E-state index in [0.29, 0.717) is 11.7 Å². The summed E-state index contributed by atoms with van der Waals surface area (Å²) in [4.78, 5) is 0. The Labute approximate surface area is 129 Å². The molecule has 0 aliphatic rings. The Morgan fingerprint density at radius 3 is 2.07 bits per heavy atom. The normalized spacial score (nSPS) is 9.50. The second-order valence-electron chi connectivity index (χ2n) is 3.17. The third kappa shape index (κ3) is 4.93. The van der Waals surface area contributed by atoms with Gasteiger partial charge in [0.2, 0.25) is 0 Å². The summed E-state index contributed by atoms with van der Waals surface area (Å²) in [5.41, 5.74) is 1.19. The van der Waals surface area contributed by atoms with Crippen LogP contribution in [0.1, 0.15) is 26.8 Å². The molecule has 0 unspecified atom stereocenters. The van der Waals surface area contributed by atoms with E-state index in [0.717, 1.165) is 0 Å². The maximum Gasteiger partial charge on any atom is 1.00 e. The molecule has 0 bridgehead atoms. The van der Waals surface area contributed by atoms with E-state index in [1.807, 2.05) is 12.1 Å². The van der Waals surface area contributed by atoms with Gasteiger partial charge in [0.05, 0.1) is 0 Å². The van der Waals surface area contributed by atoms with Gasteiger partial charge >= 0.3 is 58.7 Å². The summed E-state index contributed by atoms with van der Waals surface area (Å²) < 4.78 is 4.66. The average molecular weight is 220 g/mol. The van der Waals surface area contributed by atoms with Gasteiger partial charge in [0.1, 0.15) is 5.75 Å². The molecule has 0 fully saturated rings. The Hall–Kier alpha value is 0.641. The summed E-state index contributed by atoms with van der Waals surface area (Å²) in [5, 5.41) is 17.0. The van der Waals surface area contributed by atoms with Crippen molar-refractivity contribution >= 4 is 7.32 Å². The summed E-state index contributed by atoms with van der Waals surface area (Å²) in [7, 11) is -1.75. The van der Waals surface area contributed by atoms with Crippen molar-refractivity contribution in [1.29, 1.82) is 0 Å². The maximum atomic E-state index is 8.52. The van der Waals surface area contributed by atoms with E-state index in [1.54, 1.807) is 12.1 Å². The maximum absolute atomic E-state index is 8.52. The Kier molecular flexibility index (Phi) is 7.33. The third-order valence-electron chi connectivity index (χ3n) is 1.79. The fourth-order valence-corrected chi connectivity index (χ4v) is 1.05. The number of hydrogen-bond acceptors (Lipinski definition) is 3. The molecule has 0 heterocycles. The van der Waals surface area contributed by atoms with Crippen LogP contribution in [-0.4, -0.2) is 17.4 Å². The molecule has 0 saturated carbocycles. The van der Waals surface area contributed by atoms with E-state index in [9.17, 15) is 0 Å². The number of rotatable bonds is 3. The molecular formula is C9H14BKO3. The van der Waals surface area contributed by atoms with Crippen molar-refractivity contribution in [3.63, 3.8) is 0 Å². The van der Waals surface area contributed by atoms with Crippen LogP contribution >= 0.6 is 0 Å². The van der Waals surface area contributed by atoms with Gasteiger partial charge in [0.15, 0.2) is 0 Å². The van der Waals surface area contributed by atoms with Crippen LogP contribution < -0.4 is 56.0 Å². The van der Waals surface area contributed by atoms with Crippen molar-refractivity contribution in [3.05, 3.63) is 29.8 Å². The first-order valence-electron chi connectivity index (χ1n) is 4.22. The number of hydrogen-bond donors (Lipinski definition) is 2. The minimum absolute atomic E-state index is 0. The van der Waals surface area contributed by atoms with Gasteiger partial charge in [-0.25, -0.2) is 0 Å². The summed E-state index contributed by atoms with van der Waals surface area (Å²) in [6.07, 6.45) is 0. The molecule has 14 heavy (non-hydrogen) atoms. The standard InChI is InChI=1S/C9H13BO3.K.H/c1-7(2)8-3-5-9(6-4-8)13-10(11)12;;/h3-7,11-12H,1-2H3;;/q;+1;-1. The Bertz CT molecular complexity index is 267. The van der Waals surface area contributed by atoms with E-state index in [-0.39, 0.29) is 52.8 Å². The van der Waals surface area contributed by atoms with Crippen molar-refractivity contribution in [1.82, 2.24) is 0 Å². The molecule has 3 nitrogen and oxygen atoms in total. The second kappa shape index (κ2) is 7.00. The van der Waals surface area contributed by atoms with E-state index >= 15 is 0 Å². The van der Waals surface area contributed by atoms with Crippen LogP contribution in [0.25, 0.3) is 0 Å². The smallest absolute Gasteiger partial charge is 1.00 e. The van der Waals surface area contributed by atoms with Crippen molar-refractivity contribution in [2.75, 3.05) is 0 Å². The Morgan fingerprint density at radius 1 is 1.21 bits per heavy atom. The van der Waals surface area contributed by atoms with Gasteiger partial charge in [-0.3, -0.25) is 0 Å². The summed E-state index contributed by atoms with van der Waals surface area (Å²) in [5.74, 6) is 0.924. The molecule has 0 atom stereocenters. The predicted molar refractivity (Wildman–Crippen MR) is 52.5 cm³/mol. The molecule has 0 aromatic heterocycles. The number of benzene rings is 1. The minimum atomic E-state index is -1.75. The molecule has 72 valence electrons. The molecule has 5 heteroatoms. The molecule has 2 N–H and O–H groups in total. The van der Waals surface area contributed by atoms with Crippen LogP contribution in [-0.2, 0) is 0 Å². The summed E-state index contributed by atoms with van der Waals surface area (Å²) in [6.45, 7) is 4.19. The summed E-state index contributed by atoms with van der Waals surface area (Å²) in [6, 6.07) is 7.24. The van der Waals surface area contributed by atoms with E-state index in [1.165, 1.54) is 5.56 Å². The summed E-state index contributed by atoms with van der Waals surface area (Å²) >= 11 is 0. The first kappa shape index (κ1) is 14.6. The minimum Gasteiger partial charge on any atom is -1.00 e. The Balaban J connectivity index is 0. The zero-order chi connectivity index (χ0) is 9.84. The van der Waals surface area contributed by atoms with Gasteiger partial charge in [-0.15, -0.1) is 0 Å². The van der Waals surface area contributed by atoms with E-state index < -0.39 is 7.32 Å². The average Bonchev–Trinajstić information content (AvgIpc) is 2.04. The quantitative estimate of drug-likeness (QED) is 0.595. The van der Waals surface area contributed by atoms with Gasteiger partial charge in [-0.2, -0.15) is 0 Å². The van der Waals surface area contributed by atoms with Crippen LogP contribution in [0.4, 0.5) is 0 Å². The monoisotopic (exact) mass is 220 g/mol. The first-order valence-corrected chi connectivity index (χ1v) is 4.22. The fraction of sp³-hybridized carbons (Fsp3) is 0.333. The van der Waals surface area contributed by atoms with Crippen LogP contribution in [0.15, 0.2) is 24.3 Å². The van der Waals surface area contributed by atoms with Crippen LogP contribution in [0.5, 0.6) is 5.75 Å². The largest absolute Gasteiger partial charge is 1.00 e. The molecule has 0 amide bonds. The van der Waals surface area contributed by atoms with Gasteiger partial charge in [-0.1, -0.05) is 26.0 Å². The Morgan fingerprint density at radius 2 is 1.71 bits per heavy atom. The van der Waals surface area contributed by atoms with Crippen molar-refractivity contribution in [2.24, 2.45) is 0 Å². The van der Waals surface area contributed by atoms with E-state index in [4.69, 9.17) is 10.0 Å². The van der Waals surface area contributed by atoms with Crippen LogP contribution in [0.2, 0.25) is 0 Å². The van der Waals surface area contributed by atoms with Gasteiger partial charge < -0.3 is 16.1 Å². The molecule has 1 aromatic rings. The zero-order valence-corrected chi connectivity index (χ0v) is 11.9. The molecule has 0 aliphatic heterocycles. The molecule has 0 saturated heterocycles. The van der Waals surface area contributed by atoms with Crippen molar-refractivity contribution < 1.29 is 67.5 Å². The van der Waals surface area contributed by atoms with Crippen LogP contribution in [0, 0.1) is 0 Å². The van der Waals surface area contributed by atoms with E-state index in [2.05, 4.69) is 18.5 Å². The molecular weight excluding hydrogens is 206 g/mol. The first-order chi connectivity index (χ1) is 6.09. The zero-order valence-electron chi connectivity index (χ0n) is 9.77. The topological polar surface area (TPSA) is 49.7 Å². The molecule has 0 aliphatic carbocycles. The molecule has 1 rings (SSSR count). The van der Waals surface area contributed by atoms with Gasteiger partial charge in [0.25, 0.3) is 0 Å². The molecule has 0 spiro atoms.